The smallest absolute Gasteiger partial charge is 0.241 e. The van der Waals surface area contributed by atoms with Gasteiger partial charge in [0.15, 0.2) is 11.5 Å². The van der Waals surface area contributed by atoms with Gasteiger partial charge in [-0.05, 0) is 42.2 Å². The van der Waals surface area contributed by atoms with Crippen LogP contribution in [0, 0.1) is 6.92 Å². The first-order valence-electron chi connectivity index (χ1n) is 12.6. The molecule has 0 fully saturated rings. The number of ether oxygens (including phenoxy) is 2. The van der Waals surface area contributed by atoms with Gasteiger partial charge in [-0.1, -0.05) is 66.2 Å². The van der Waals surface area contributed by atoms with E-state index < -0.39 is 0 Å². The number of hydrogen-bond donors (Lipinski definition) is 0. The number of methoxy groups -OCH3 is 2. The zero-order valence-corrected chi connectivity index (χ0v) is 23.2. The van der Waals surface area contributed by atoms with Crippen molar-refractivity contribution in [3.63, 3.8) is 0 Å². The number of aromatic nitrogens is 2. The Morgan fingerprint density at radius 2 is 1.61 bits per heavy atom. The molecule has 38 heavy (non-hydrogen) atoms. The summed E-state index contributed by atoms with van der Waals surface area (Å²) in [5.74, 6) is 2.17. The van der Waals surface area contributed by atoms with Crippen molar-refractivity contribution in [1.29, 1.82) is 0 Å². The standard InChI is InChI=1S/C30H34N4O3S/c1-22-10-12-23(13-11-22)19-28-31-30(38-32-28)34(20-25-8-6-5-7-9-25)21-29(35)33(2)17-16-24-14-15-26(36-3)27(18-24)37-4/h5-15,18H,16-17,19-21H2,1-4H3. The Morgan fingerprint density at radius 3 is 2.32 bits per heavy atom. The second kappa shape index (κ2) is 13.1. The van der Waals surface area contributed by atoms with Gasteiger partial charge in [0.1, 0.15) is 5.82 Å². The number of rotatable bonds is 12. The van der Waals surface area contributed by atoms with Crippen LogP contribution in [0.3, 0.4) is 0 Å². The average Bonchev–Trinajstić information content (AvgIpc) is 3.41. The highest BCUT2D eigenvalue weighted by molar-refractivity contribution is 7.09. The Kier molecular flexibility index (Phi) is 9.32. The zero-order valence-electron chi connectivity index (χ0n) is 22.4. The molecular formula is C30H34N4O3S. The molecule has 0 spiro atoms. The number of benzene rings is 3. The van der Waals surface area contributed by atoms with Crippen LogP contribution in [-0.4, -0.2) is 54.5 Å². The summed E-state index contributed by atoms with van der Waals surface area (Å²) in [5, 5.41) is 0.748. The summed E-state index contributed by atoms with van der Waals surface area (Å²) in [4.78, 5) is 21.9. The monoisotopic (exact) mass is 530 g/mol. The Hall–Kier alpha value is -3.91. The van der Waals surface area contributed by atoms with Crippen molar-refractivity contribution in [3.05, 3.63) is 101 Å². The summed E-state index contributed by atoms with van der Waals surface area (Å²) < 4.78 is 15.3. The quantitative estimate of drug-likeness (QED) is 0.252. The molecule has 0 bridgehead atoms. The van der Waals surface area contributed by atoms with Crippen molar-refractivity contribution >= 4 is 22.6 Å². The van der Waals surface area contributed by atoms with Gasteiger partial charge in [0, 0.05) is 38.1 Å². The van der Waals surface area contributed by atoms with Gasteiger partial charge in [-0.3, -0.25) is 4.79 Å². The normalized spacial score (nSPS) is 10.7. The Bertz CT molecular complexity index is 1330. The molecule has 0 atom stereocenters. The third-order valence-corrected chi connectivity index (χ3v) is 7.18. The van der Waals surface area contributed by atoms with Gasteiger partial charge in [-0.25, -0.2) is 4.98 Å². The summed E-state index contributed by atoms with van der Waals surface area (Å²) in [6, 6.07) is 24.4. The molecule has 3 aromatic carbocycles. The fourth-order valence-corrected chi connectivity index (χ4v) is 4.75. The molecule has 0 N–H and O–H groups in total. The highest BCUT2D eigenvalue weighted by atomic mass is 32.1. The molecule has 4 aromatic rings. The lowest BCUT2D eigenvalue weighted by atomic mass is 10.1. The van der Waals surface area contributed by atoms with E-state index in [0.29, 0.717) is 37.4 Å². The molecule has 0 aliphatic heterocycles. The van der Waals surface area contributed by atoms with Crippen molar-refractivity contribution in [3.8, 4) is 11.5 Å². The molecule has 8 heteroatoms. The van der Waals surface area contributed by atoms with Gasteiger partial charge in [-0.2, -0.15) is 4.37 Å². The predicted molar refractivity (Wildman–Crippen MR) is 152 cm³/mol. The maximum atomic E-state index is 13.3. The molecule has 0 aliphatic carbocycles. The molecule has 1 aromatic heterocycles. The number of carbonyl (C=O) groups is 1. The topological polar surface area (TPSA) is 67.8 Å². The first-order chi connectivity index (χ1) is 18.4. The van der Waals surface area contributed by atoms with E-state index >= 15 is 0 Å². The average molecular weight is 531 g/mol. The third-order valence-electron chi connectivity index (χ3n) is 6.36. The number of likely N-dealkylation sites (N-methyl/N-ethyl adjacent to an activating group) is 1. The van der Waals surface area contributed by atoms with Crippen LogP contribution in [0.2, 0.25) is 0 Å². The summed E-state index contributed by atoms with van der Waals surface area (Å²) in [6.45, 7) is 3.46. The lowest BCUT2D eigenvalue weighted by molar-refractivity contribution is -0.128. The van der Waals surface area contributed by atoms with E-state index in [0.717, 1.165) is 22.1 Å². The second-order valence-electron chi connectivity index (χ2n) is 9.25. The molecule has 0 radical (unpaired) electrons. The fraction of sp³-hybridized carbons (Fsp3) is 0.300. The van der Waals surface area contributed by atoms with Gasteiger partial charge in [0.2, 0.25) is 11.0 Å². The van der Waals surface area contributed by atoms with Gasteiger partial charge >= 0.3 is 0 Å². The van der Waals surface area contributed by atoms with E-state index in [-0.39, 0.29) is 12.5 Å². The van der Waals surface area contributed by atoms with Crippen LogP contribution in [0.5, 0.6) is 11.5 Å². The molecule has 0 saturated heterocycles. The first-order valence-corrected chi connectivity index (χ1v) is 13.3. The van der Waals surface area contributed by atoms with Crippen molar-refractivity contribution < 1.29 is 14.3 Å². The number of anilines is 1. The van der Waals surface area contributed by atoms with Crippen LogP contribution in [0.15, 0.2) is 72.8 Å². The van der Waals surface area contributed by atoms with Crippen molar-refractivity contribution in [1.82, 2.24) is 14.3 Å². The van der Waals surface area contributed by atoms with E-state index in [1.165, 1.54) is 22.7 Å². The summed E-state index contributed by atoms with van der Waals surface area (Å²) in [7, 11) is 5.08. The van der Waals surface area contributed by atoms with E-state index in [2.05, 4.69) is 47.7 Å². The largest absolute Gasteiger partial charge is 0.493 e. The van der Waals surface area contributed by atoms with Gasteiger partial charge in [-0.15, -0.1) is 0 Å². The van der Waals surface area contributed by atoms with E-state index in [9.17, 15) is 4.79 Å². The maximum Gasteiger partial charge on any atom is 0.241 e. The molecule has 0 saturated carbocycles. The van der Waals surface area contributed by atoms with Crippen LogP contribution in [0.4, 0.5) is 5.13 Å². The van der Waals surface area contributed by atoms with Gasteiger partial charge < -0.3 is 19.3 Å². The molecule has 1 amide bonds. The molecule has 7 nitrogen and oxygen atoms in total. The SMILES string of the molecule is COc1ccc(CCN(C)C(=O)CN(Cc2ccccc2)c2nc(Cc3ccc(C)cc3)ns2)cc1OC. The van der Waals surface area contributed by atoms with Crippen LogP contribution in [-0.2, 0) is 24.2 Å². The molecular weight excluding hydrogens is 496 g/mol. The van der Waals surface area contributed by atoms with Crippen LogP contribution >= 0.6 is 11.5 Å². The van der Waals surface area contributed by atoms with E-state index in [1.807, 2.05) is 48.3 Å². The summed E-state index contributed by atoms with van der Waals surface area (Å²) in [6.07, 6.45) is 1.37. The van der Waals surface area contributed by atoms with Crippen LogP contribution in [0.25, 0.3) is 0 Å². The minimum Gasteiger partial charge on any atom is -0.493 e. The number of carbonyl (C=O) groups excluding carboxylic acids is 1. The Labute approximate surface area is 228 Å². The Morgan fingerprint density at radius 1 is 0.895 bits per heavy atom. The van der Waals surface area contributed by atoms with Crippen molar-refractivity contribution in [2.45, 2.75) is 26.3 Å². The maximum absolute atomic E-state index is 13.3. The number of hydrogen-bond acceptors (Lipinski definition) is 7. The number of amides is 1. The fourth-order valence-electron chi connectivity index (χ4n) is 4.07. The lowest BCUT2D eigenvalue weighted by Crippen LogP contribution is -2.39. The summed E-state index contributed by atoms with van der Waals surface area (Å²) in [5.41, 5.74) is 4.58. The molecule has 1 heterocycles. The van der Waals surface area contributed by atoms with Gasteiger partial charge in [0.25, 0.3) is 0 Å². The third kappa shape index (κ3) is 7.32. The van der Waals surface area contributed by atoms with Crippen molar-refractivity contribution in [2.24, 2.45) is 0 Å². The van der Waals surface area contributed by atoms with E-state index in [1.54, 1.807) is 19.1 Å². The van der Waals surface area contributed by atoms with Crippen LogP contribution < -0.4 is 14.4 Å². The highest BCUT2D eigenvalue weighted by Gasteiger charge is 2.19. The van der Waals surface area contributed by atoms with Crippen molar-refractivity contribution in [2.75, 3.05) is 39.3 Å². The minimum absolute atomic E-state index is 0.0247. The van der Waals surface area contributed by atoms with Crippen LogP contribution in [0.1, 0.15) is 28.1 Å². The number of nitrogens with zero attached hydrogens (tertiary/aromatic N) is 4. The van der Waals surface area contributed by atoms with E-state index in [4.69, 9.17) is 14.5 Å². The number of aryl methyl sites for hydroxylation is 1. The predicted octanol–water partition coefficient (Wildman–Crippen LogP) is 5.16. The second-order valence-corrected chi connectivity index (χ2v) is 9.98. The van der Waals surface area contributed by atoms with Gasteiger partial charge in [0.05, 0.1) is 20.8 Å². The molecule has 198 valence electrons. The Balaban J connectivity index is 1.43. The molecule has 4 rings (SSSR count). The molecule has 0 aliphatic rings. The first kappa shape index (κ1) is 27.1. The summed E-state index contributed by atoms with van der Waals surface area (Å²) >= 11 is 1.34. The molecule has 0 unspecified atom stereocenters. The highest BCUT2D eigenvalue weighted by Crippen LogP contribution is 2.28. The lowest BCUT2D eigenvalue weighted by Gasteiger charge is -2.25. The zero-order chi connectivity index (χ0) is 26.9. The minimum atomic E-state index is 0.0247.